The van der Waals surface area contributed by atoms with Gasteiger partial charge in [0, 0.05) is 13.7 Å². The topological polar surface area (TPSA) is 76.1 Å². The minimum Gasteiger partial charge on any atom is -0.383 e. The Labute approximate surface area is 105 Å². The van der Waals surface area contributed by atoms with Crippen molar-refractivity contribution in [1.29, 1.82) is 0 Å². The van der Waals surface area contributed by atoms with Crippen molar-refractivity contribution in [2.45, 2.75) is 13.0 Å². The molecule has 0 saturated heterocycles. The summed E-state index contributed by atoms with van der Waals surface area (Å²) in [5, 5.41) is 13.4. The maximum Gasteiger partial charge on any atom is 0.242 e. The summed E-state index contributed by atoms with van der Waals surface area (Å²) in [4.78, 5) is 11.6. The molecule has 0 aromatic carbocycles. The second kappa shape index (κ2) is 7.03. The first-order chi connectivity index (χ1) is 8.13. The zero-order chi connectivity index (χ0) is 12.7. The highest BCUT2D eigenvalue weighted by molar-refractivity contribution is 6.29. The van der Waals surface area contributed by atoms with E-state index in [0.717, 1.165) is 0 Å². The lowest BCUT2D eigenvalue weighted by atomic mass is 10.3. The normalized spacial score (nSPS) is 11.9. The molecule has 6 nitrogen and oxygen atoms in total. The van der Waals surface area contributed by atoms with Gasteiger partial charge in [0.15, 0.2) is 5.15 Å². The van der Waals surface area contributed by atoms with E-state index in [1.165, 1.54) is 0 Å². The number of hydrogen-bond donors (Lipinski definition) is 2. The van der Waals surface area contributed by atoms with Gasteiger partial charge in [-0.05, 0) is 19.1 Å². The predicted octanol–water partition coefficient (Wildman–Crippen LogP) is 0.693. The van der Waals surface area contributed by atoms with Gasteiger partial charge in [0.2, 0.25) is 5.91 Å². The molecule has 1 atom stereocenters. The summed E-state index contributed by atoms with van der Waals surface area (Å²) in [6.07, 6.45) is 0. The van der Waals surface area contributed by atoms with Gasteiger partial charge in [-0.25, -0.2) is 0 Å². The van der Waals surface area contributed by atoms with E-state index in [4.69, 9.17) is 16.3 Å². The first-order valence-electron chi connectivity index (χ1n) is 5.16. The van der Waals surface area contributed by atoms with Crippen LogP contribution in [-0.4, -0.2) is 42.4 Å². The number of ether oxygens (including phenoxy) is 1. The van der Waals surface area contributed by atoms with Gasteiger partial charge in [-0.2, -0.15) is 0 Å². The number of rotatable bonds is 6. The summed E-state index contributed by atoms with van der Waals surface area (Å²) in [6, 6.07) is 2.86. The van der Waals surface area contributed by atoms with Gasteiger partial charge in [-0.15, -0.1) is 10.2 Å². The lowest BCUT2D eigenvalue weighted by molar-refractivity contribution is -0.121. The highest BCUT2D eigenvalue weighted by Gasteiger charge is 2.12. The van der Waals surface area contributed by atoms with Gasteiger partial charge in [0.1, 0.15) is 11.9 Å². The molecular weight excluding hydrogens is 244 g/mol. The maximum absolute atomic E-state index is 11.6. The van der Waals surface area contributed by atoms with Crippen molar-refractivity contribution in [3.8, 4) is 0 Å². The molecule has 0 aliphatic rings. The minimum atomic E-state index is -0.401. The first kappa shape index (κ1) is 13.7. The van der Waals surface area contributed by atoms with Crippen molar-refractivity contribution >= 4 is 23.3 Å². The van der Waals surface area contributed by atoms with E-state index in [1.54, 1.807) is 26.2 Å². The zero-order valence-corrected chi connectivity index (χ0v) is 10.5. The molecule has 1 unspecified atom stereocenters. The Morgan fingerprint density at radius 2 is 2.29 bits per heavy atom. The lowest BCUT2D eigenvalue weighted by Gasteiger charge is -2.13. The van der Waals surface area contributed by atoms with Crippen LogP contribution in [0.4, 0.5) is 5.82 Å². The van der Waals surface area contributed by atoms with Crippen molar-refractivity contribution in [3.63, 3.8) is 0 Å². The average molecular weight is 259 g/mol. The lowest BCUT2D eigenvalue weighted by Crippen LogP contribution is -2.39. The number of hydrogen-bond acceptors (Lipinski definition) is 5. The van der Waals surface area contributed by atoms with E-state index in [2.05, 4.69) is 20.8 Å². The van der Waals surface area contributed by atoms with Crippen LogP contribution >= 0.6 is 11.6 Å². The van der Waals surface area contributed by atoms with Crippen molar-refractivity contribution in [2.75, 3.05) is 25.6 Å². The molecule has 1 amide bonds. The third kappa shape index (κ3) is 4.97. The summed E-state index contributed by atoms with van der Waals surface area (Å²) >= 11 is 5.60. The number of anilines is 1. The molecule has 2 N–H and O–H groups in total. The van der Waals surface area contributed by atoms with E-state index >= 15 is 0 Å². The van der Waals surface area contributed by atoms with Crippen LogP contribution in [0.3, 0.4) is 0 Å². The Morgan fingerprint density at radius 1 is 1.53 bits per heavy atom. The van der Waals surface area contributed by atoms with Crippen LogP contribution in [0.25, 0.3) is 0 Å². The van der Waals surface area contributed by atoms with Gasteiger partial charge >= 0.3 is 0 Å². The molecule has 0 bridgehead atoms. The third-order valence-electron chi connectivity index (χ3n) is 2.00. The van der Waals surface area contributed by atoms with Crippen LogP contribution in [0.2, 0.25) is 5.15 Å². The zero-order valence-electron chi connectivity index (χ0n) is 9.74. The van der Waals surface area contributed by atoms with E-state index in [-0.39, 0.29) is 5.91 Å². The molecule has 94 valence electrons. The standard InChI is InChI=1S/C10H15ClN4O2/c1-7(10(16)12-5-6-17-2)13-9-4-3-8(11)14-15-9/h3-4,7H,5-6H2,1-2H3,(H,12,16)(H,13,15). The summed E-state index contributed by atoms with van der Waals surface area (Å²) in [6.45, 7) is 2.70. The second-order valence-electron chi connectivity index (χ2n) is 3.39. The fraction of sp³-hybridized carbons (Fsp3) is 0.500. The van der Waals surface area contributed by atoms with Crippen LogP contribution in [-0.2, 0) is 9.53 Å². The van der Waals surface area contributed by atoms with Crippen molar-refractivity contribution in [2.24, 2.45) is 0 Å². The fourth-order valence-corrected chi connectivity index (χ4v) is 1.21. The summed E-state index contributed by atoms with van der Waals surface area (Å²) < 4.78 is 4.83. The molecule has 1 heterocycles. The number of carbonyl (C=O) groups is 1. The molecule has 1 rings (SSSR count). The van der Waals surface area contributed by atoms with E-state index in [9.17, 15) is 4.79 Å². The Morgan fingerprint density at radius 3 is 2.88 bits per heavy atom. The molecule has 0 fully saturated rings. The van der Waals surface area contributed by atoms with Gasteiger partial charge in [-0.1, -0.05) is 11.6 Å². The molecule has 1 aromatic rings. The molecule has 1 aromatic heterocycles. The van der Waals surface area contributed by atoms with Crippen molar-refractivity contribution in [3.05, 3.63) is 17.3 Å². The molecule has 0 aliphatic carbocycles. The highest BCUT2D eigenvalue weighted by atomic mass is 35.5. The highest BCUT2D eigenvalue weighted by Crippen LogP contribution is 2.07. The largest absolute Gasteiger partial charge is 0.383 e. The fourth-order valence-electron chi connectivity index (χ4n) is 1.11. The quantitative estimate of drug-likeness (QED) is 0.735. The number of nitrogens with zero attached hydrogens (tertiary/aromatic N) is 2. The summed E-state index contributed by atoms with van der Waals surface area (Å²) in [5.41, 5.74) is 0. The van der Waals surface area contributed by atoms with Crippen LogP contribution in [0.1, 0.15) is 6.92 Å². The first-order valence-corrected chi connectivity index (χ1v) is 5.53. The van der Waals surface area contributed by atoms with Crippen LogP contribution in [0, 0.1) is 0 Å². The van der Waals surface area contributed by atoms with Crippen LogP contribution < -0.4 is 10.6 Å². The Kier molecular flexibility index (Phi) is 5.65. The van der Waals surface area contributed by atoms with Gasteiger partial charge in [0.25, 0.3) is 0 Å². The van der Waals surface area contributed by atoms with Gasteiger partial charge < -0.3 is 15.4 Å². The predicted molar refractivity (Wildman–Crippen MR) is 65.0 cm³/mol. The molecule has 0 aliphatic heterocycles. The Bertz CT molecular complexity index is 358. The summed E-state index contributed by atoms with van der Waals surface area (Å²) in [7, 11) is 1.58. The van der Waals surface area contributed by atoms with Crippen LogP contribution in [0.5, 0.6) is 0 Å². The molecule has 7 heteroatoms. The molecule has 0 radical (unpaired) electrons. The third-order valence-corrected chi connectivity index (χ3v) is 2.20. The molecule has 0 saturated carbocycles. The van der Waals surface area contributed by atoms with Crippen molar-refractivity contribution in [1.82, 2.24) is 15.5 Å². The number of nitrogens with one attached hydrogen (secondary N) is 2. The van der Waals surface area contributed by atoms with Gasteiger partial charge in [-0.3, -0.25) is 4.79 Å². The summed E-state index contributed by atoms with van der Waals surface area (Å²) in [5.74, 6) is 0.377. The van der Waals surface area contributed by atoms with E-state index in [0.29, 0.717) is 24.1 Å². The number of amides is 1. The second-order valence-corrected chi connectivity index (χ2v) is 3.78. The minimum absolute atomic E-state index is 0.126. The van der Waals surface area contributed by atoms with Gasteiger partial charge in [0.05, 0.1) is 6.61 Å². The number of aromatic nitrogens is 2. The van der Waals surface area contributed by atoms with Crippen LogP contribution in [0.15, 0.2) is 12.1 Å². The SMILES string of the molecule is COCCNC(=O)C(C)Nc1ccc(Cl)nn1. The number of carbonyl (C=O) groups excluding carboxylic acids is 1. The Hall–Kier alpha value is -1.40. The Balaban J connectivity index is 2.40. The van der Waals surface area contributed by atoms with E-state index in [1.807, 2.05) is 0 Å². The monoisotopic (exact) mass is 258 g/mol. The maximum atomic E-state index is 11.6. The number of methoxy groups -OCH3 is 1. The smallest absolute Gasteiger partial charge is 0.242 e. The number of halogens is 1. The van der Waals surface area contributed by atoms with E-state index < -0.39 is 6.04 Å². The molecule has 0 spiro atoms. The van der Waals surface area contributed by atoms with Crippen molar-refractivity contribution < 1.29 is 9.53 Å². The molecule has 17 heavy (non-hydrogen) atoms. The average Bonchev–Trinajstić information content (AvgIpc) is 2.32. The molecular formula is C10H15ClN4O2.